The summed E-state index contributed by atoms with van der Waals surface area (Å²) in [7, 11) is 0. The molecule has 3 heterocycles. The van der Waals surface area contributed by atoms with Gasteiger partial charge in [-0.25, -0.2) is 9.97 Å². The molecule has 0 atom stereocenters. The molecular weight excluding hydrogens is 330 g/mol. The first-order valence-corrected chi connectivity index (χ1v) is 9.14. The highest BCUT2D eigenvalue weighted by atomic mass is 16.2. The van der Waals surface area contributed by atoms with Crippen LogP contribution in [0.25, 0.3) is 0 Å². The van der Waals surface area contributed by atoms with Gasteiger partial charge >= 0.3 is 0 Å². The van der Waals surface area contributed by atoms with Crippen molar-refractivity contribution in [2.75, 3.05) is 44.2 Å². The molecule has 0 aromatic carbocycles. The third kappa shape index (κ3) is 5.01. The van der Waals surface area contributed by atoms with Crippen molar-refractivity contribution in [2.24, 2.45) is 0 Å². The molecular formula is C18H27N7O. The zero-order chi connectivity index (χ0) is 18.4. The highest BCUT2D eigenvalue weighted by Crippen LogP contribution is 2.09. The van der Waals surface area contributed by atoms with Gasteiger partial charge in [-0.1, -0.05) is 0 Å². The van der Waals surface area contributed by atoms with E-state index in [0.717, 1.165) is 56.5 Å². The summed E-state index contributed by atoms with van der Waals surface area (Å²) in [6.07, 6.45) is 4.51. The minimum atomic E-state index is 0.0160. The number of hydrogen-bond donors (Lipinski definition) is 1. The maximum absolute atomic E-state index is 12.0. The number of anilines is 1. The monoisotopic (exact) mass is 357 g/mol. The summed E-state index contributed by atoms with van der Waals surface area (Å²) in [4.78, 5) is 25.3. The highest BCUT2D eigenvalue weighted by Gasteiger charge is 2.18. The Balaban J connectivity index is 1.31. The van der Waals surface area contributed by atoms with Crippen molar-refractivity contribution in [3.8, 4) is 0 Å². The first-order valence-electron chi connectivity index (χ1n) is 9.14. The smallest absolute Gasteiger partial charge is 0.241 e. The van der Waals surface area contributed by atoms with Crippen LogP contribution in [0.2, 0.25) is 0 Å². The molecule has 0 radical (unpaired) electrons. The second-order valence-corrected chi connectivity index (χ2v) is 6.67. The van der Waals surface area contributed by atoms with Gasteiger partial charge in [0, 0.05) is 50.8 Å². The Hall–Kier alpha value is -2.48. The lowest BCUT2D eigenvalue weighted by atomic mass is 10.3. The Morgan fingerprint density at radius 3 is 2.54 bits per heavy atom. The number of rotatable bonds is 7. The lowest BCUT2D eigenvalue weighted by Crippen LogP contribution is -2.47. The van der Waals surface area contributed by atoms with Gasteiger partial charge in [0.25, 0.3) is 0 Å². The van der Waals surface area contributed by atoms with Gasteiger partial charge in [-0.05, 0) is 38.9 Å². The third-order valence-electron chi connectivity index (χ3n) is 4.58. The first-order chi connectivity index (χ1) is 12.6. The van der Waals surface area contributed by atoms with Crippen LogP contribution in [0, 0.1) is 13.8 Å². The fourth-order valence-corrected chi connectivity index (χ4v) is 3.18. The predicted molar refractivity (Wildman–Crippen MR) is 100 cm³/mol. The van der Waals surface area contributed by atoms with Gasteiger partial charge < -0.3 is 10.2 Å². The summed E-state index contributed by atoms with van der Waals surface area (Å²) in [5.41, 5.74) is 1.95. The van der Waals surface area contributed by atoms with Crippen LogP contribution in [0.15, 0.2) is 24.5 Å². The minimum Gasteiger partial charge on any atom is -0.354 e. The van der Waals surface area contributed by atoms with Crippen molar-refractivity contribution in [1.29, 1.82) is 0 Å². The number of aryl methyl sites for hydroxylation is 2. The van der Waals surface area contributed by atoms with Crippen LogP contribution < -0.4 is 10.2 Å². The van der Waals surface area contributed by atoms with Gasteiger partial charge in [0.1, 0.15) is 6.54 Å². The van der Waals surface area contributed by atoms with Gasteiger partial charge in [0.05, 0.1) is 5.69 Å². The van der Waals surface area contributed by atoms with Gasteiger partial charge in [-0.3, -0.25) is 14.4 Å². The minimum absolute atomic E-state index is 0.0160. The molecule has 1 fully saturated rings. The normalized spacial score (nSPS) is 15.2. The maximum atomic E-state index is 12.0. The molecule has 3 rings (SSSR count). The molecule has 1 saturated heterocycles. The van der Waals surface area contributed by atoms with E-state index in [1.165, 1.54) is 0 Å². The molecule has 0 aliphatic carbocycles. The van der Waals surface area contributed by atoms with Crippen LogP contribution in [0.5, 0.6) is 0 Å². The second kappa shape index (κ2) is 8.75. The van der Waals surface area contributed by atoms with E-state index in [1.54, 1.807) is 17.1 Å². The van der Waals surface area contributed by atoms with Crippen LogP contribution in [0.4, 0.5) is 5.95 Å². The molecule has 8 heteroatoms. The predicted octanol–water partition coefficient (Wildman–Crippen LogP) is 0.618. The molecule has 140 valence electrons. The lowest BCUT2D eigenvalue weighted by molar-refractivity contribution is -0.121. The standard InChI is InChI=1S/C18H27N7O/c1-15-13-16(2)25(22-15)14-17(26)19-7-4-8-23-9-11-24(12-10-23)18-20-5-3-6-21-18/h3,5-6,13H,4,7-12,14H2,1-2H3,(H,19,26). The van der Waals surface area contributed by atoms with Gasteiger partial charge in [-0.2, -0.15) is 5.10 Å². The highest BCUT2D eigenvalue weighted by molar-refractivity contribution is 5.75. The van der Waals surface area contributed by atoms with Crippen LogP contribution in [0.1, 0.15) is 17.8 Å². The molecule has 1 amide bonds. The fraction of sp³-hybridized carbons (Fsp3) is 0.556. The van der Waals surface area contributed by atoms with E-state index < -0.39 is 0 Å². The van der Waals surface area contributed by atoms with Crippen molar-refractivity contribution in [3.63, 3.8) is 0 Å². The Bertz CT molecular complexity index is 708. The van der Waals surface area contributed by atoms with E-state index in [4.69, 9.17) is 0 Å². The van der Waals surface area contributed by atoms with Crippen molar-refractivity contribution >= 4 is 11.9 Å². The Morgan fingerprint density at radius 1 is 1.15 bits per heavy atom. The molecule has 0 unspecified atom stereocenters. The molecule has 2 aromatic rings. The Labute approximate surface area is 154 Å². The largest absolute Gasteiger partial charge is 0.354 e. The van der Waals surface area contributed by atoms with E-state index in [-0.39, 0.29) is 12.5 Å². The molecule has 26 heavy (non-hydrogen) atoms. The molecule has 0 bridgehead atoms. The van der Waals surface area contributed by atoms with Gasteiger partial charge in [-0.15, -0.1) is 0 Å². The second-order valence-electron chi connectivity index (χ2n) is 6.67. The SMILES string of the molecule is Cc1cc(C)n(CC(=O)NCCCN2CCN(c3ncccn3)CC2)n1. The summed E-state index contributed by atoms with van der Waals surface area (Å²) >= 11 is 0. The Morgan fingerprint density at radius 2 is 1.88 bits per heavy atom. The average Bonchev–Trinajstić information content (AvgIpc) is 2.97. The summed E-state index contributed by atoms with van der Waals surface area (Å²) < 4.78 is 1.75. The summed E-state index contributed by atoms with van der Waals surface area (Å²) in [5, 5.41) is 7.30. The summed E-state index contributed by atoms with van der Waals surface area (Å²) in [6.45, 7) is 9.75. The number of hydrogen-bond acceptors (Lipinski definition) is 6. The first kappa shape index (κ1) is 18.3. The van der Waals surface area contributed by atoms with Crippen LogP contribution in [0.3, 0.4) is 0 Å². The molecule has 0 spiro atoms. The molecule has 1 N–H and O–H groups in total. The molecule has 2 aromatic heterocycles. The quantitative estimate of drug-likeness (QED) is 0.732. The van der Waals surface area contributed by atoms with Crippen molar-refractivity contribution < 1.29 is 4.79 Å². The molecule has 8 nitrogen and oxygen atoms in total. The number of aromatic nitrogens is 4. The van der Waals surface area contributed by atoms with Crippen molar-refractivity contribution in [3.05, 3.63) is 35.9 Å². The third-order valence-corrected chi connectivity index (χ3v) is 4.58. The van der Waals surface area contributed by atoms with E-state index in [1.807, 2.05) is 26.0 Å². The summed E-state index contributed by atoms with van der Waals surface area (Å²) in [5.74, 6) is 0.825. The fourth-order valence-electron chi connectivity index (χ4n) is 3.18. The Kier molecular flexibility index (Phi) is 6.17. The van der Waals surface area contributed by atoms with E-state index in [0.29, 0.717) is 6.54 Å². The van der Waals surface area contributed by atoms with Crippen molar-refractivity contribution in [1.82, 2.24) is 30.0 Å². The van der Waals surface area contributed by atoms with Crippen molar-refractivity contribution in [2.45, 2.75) is 26.8 Å². The number of nitrogens with one attached hydrogen (secondary N) is 1. The number of carbonyl (C=O) groups excluding carboxylic acids is 1. The molecule has 1 aliphatic heterocycles. The number of carbonyl (C=O) groups is 1. The summed E-state index contributed by atoms with van der Waals surface area (Å²) in [6, 6.07) is 3.82. The van der Waals surface area contributed by atoms with Crippen LogP contribution >= 0.6 is 0 Å². The van der Waals surface area contributed by atoms with Crippen LogP contribution in [-0.4, -0.2) is 69.8 Å². The zero-order valence-corrected chi connectivity index (χ0v) is 15.6. The van der Waals surface area contributed by atoms with Gasteiger partial charge in [0.15, 0.2) is 0 Å². The molecule has 0 saturated carbocycles. The van der Waals surface area contributed by atoms with E-state index >= 15 is 0 Å². The lowest BCUT2D eigenvalue weighted by Gasteiger charge is -2.34. The topological polar surface area (TPSA) is 79.2 Å². The number of amides is 1. The van der Waals surface area contributed by atoms with E-state index in [9.17, 15) is 4.79 Å². The average molecular weight is 357 g/mol. The number of piperazine rings is 1. The van der Waals surface area contributed by atoms with E-state index in [2.05, 4.69) is 30.2 Å². The van der Waals surface area contributed by atoms with Crippen LogP contribution in [-0.2, 0) is 11.3 Å². The molecule has 1 aliphatic rings. The maximum Gasteiger partial charge on any atom is 0.241 e. The number of nitrogens with zero attached hydrogens (tertiary/aromatic N) is 6. The zero-order valence-electron chi connectivity index (χ0n) is 15.6. The van der Waals surface area contributed by atoms with Gasteiger partial charge in [0.2, 0.25) is 11.9 Å².